The Hall–Kier alpha value is -0.810. The summed E-state index contributed by atoms with van der Waals surface area (Å²) >= 11 is 5.95. The van der Waals surface area contributed by atoms with Crippen LogP contribution in [0.4, 0.5) is 0 Å². The van der Waals surface area contributed by atoms with Crippen LogP contribution in [-0.4, -0.2) is 43.5 Å². The minimum absolute atomic E-state index is 0. The van der Waals surface area contributed by atoms with Crippen molar-refractivity contribution in [2.75, 3.05) is 26.7 Å². The minimum Gasteiger partial charge on any atom is -0.351 e. The zero-order valence-electron chi connectivity index (χ0n) is 12.0. The SMILES string of the molecule is CN1CCC(NC(=O)C2CNC2)C1c1ccc(Cl)cc1.Cl. The maximum atomic E-state index is 12.1. The summed E-state index contributed by atoms with van der Waals surface area (Å²) in [6.45, 7) is 2.61. The summed E-state index contributed by atoms with van der Waals surface area (Å²) in [4.78, 5) is 14.4. The van der Waals surface area contributed by atoms with E-state index in [1.807, 2.05) is 12.1 Å². The van der Waals surface area contributed by atoms with Gasteiger partial charge in [-0.2, -0.15) is 0 Å². The number of hydrogen-bond donors (Lipinski definition) is 2. The van der Waals surface area contributed by atoms with Crippen molar-refractivity contribution in [3.63, 3.8) is 0 Å². The van der Waals surface area contributed by atoms with Crippen LogP contribution in [0.5, 0.6) is 0 Å². The van der Waals surface area contributed by atoms with E-state index in [0.717, 1.165) is 31.1 Å². The Morgan fingerprint density at radius 3 is 2.57 bits per heavy atom. The summed E-state index contributed by atoms with van der Waals surface area (Å²) < 4.78 is 0. The maximum absolute atomic E-state index is 12.1. The van der Waals surface area contributed by atoms with Gasteiger partial charge < -0.3 is 10.6 Å². The fourth-order valence-corrected chi connectivity index (χ4v) is 3.15. The average Bonchev–Trinajstić information content (AvgIpc) is 2.69. The maximum Gasteiger partial charge on any atom is 0.225 e. The predicted molar refractivity (Wildman–Crippen MR) is 87.0 cm³/mol. The molecule has 2 aliphatic rings. The summed E-state index contributed by atoms with van der Waals surface area (Å²) in [5, 5.41) is 7.11. The van der Waals surface area contributed by atoms with Crippen LogP contribution in [0.25, 0.3) is 0 Å². The number of likely N-dealkylation sites (tertiary alicyclic amines) is 1. The van der Waals surface area contributed by atoms with Gasteiger partial charge in [-0.05, 0) is 31.2 Å². The molecule has 3 rings (SSSR count). The lowest BCUT2D eigenvalue weighted by Crippen LogP contribution is -2.53. The molecule has 4 nitrogen and oxygen atoms in total. The number of hydrogen-bond acceptors (Lipinski definition) is 3. The fraction of sp³-hybridized carbons (Fsp3) is 0.533. The van der Waals surface area contributed by atoms with E-state index in [4.69, 9.17) is 11.6 Å². The first-order valence-corrected chi connectivity index (χ1v) is 7.50. The van der Waals surface area contributed by atoms with Gasteiger partial charge in [0.05, 0.1) is 12.0 Å². The van der Waals surface area contributed by atoms with Crippen LogP contribution < -0.4 is 10.6 Å². The number of carbonyl (C=O) groups is 1. The van der Waals surface area contributed by atoms with Gasteiger partial charge in [0.2, 0.25) is 5.91 Å². The van der Waals surface area contributed by atoms with Crippen LogP contribution in [-0.2, 0) is 4.79 Å². The molecule has 1 aromatic carbocycles. The van der Waals surface area contributed by atoms with Gasteiger partial charge in [0, 0.05) is 30.7 Å². The van der Waals surface area contributed by atoms with E-state index in [9.17, 15) is 4.79 Å². The van der Waals surface area contributed by atoms with Gasteiger partial charge in [-0.15, -0.1) is 12.4 Å². The van der Waals surface area contributed by atoms with Gasteiger partial charge in [0.25, 0.3) is 0 Å². The molecule has 0 radical (unpaired) electrons. The molecule has 6 heteroatoms. The van der Waals surface area contributed by atoms with Gasteiger partial charge in [-0.3, -0.25) is 9.69 Å². The van der Waals surface area contributed by atoms with Crippen molar-refractivity contribution in [3.8, 4) is 0 Å². The topological polar surface area (TPSA) is 44.4 Å². The summed E-state index contributed by atoms with van der Waals surface area (Å²) in [7, 11) is 2.11. The van der Waals surface area contributed by atoms with Crippen molar-refractivity contribution in [2.24, 2.45) is 5.92 Å². The van der Waals surface area contributed by atoms with Crippen LogP contribution >= 0.6 is 24.0 Å². The molecule has 116 valence electrons. The second-order valence-electron chi connectivity index (χ2n) is 5.74. The van der Waals surface area contributed by atoms with Crippen LogP contribution in [0.1, 0.15) is 18.0 Å². The number of nitrogens with zero attached hydrogens (tertiary/aromatic N) is 1. The molecule has 2 heterocycles. The van der Waals surface area contributed by atoms with Crippen LogP contribution in [0.15, 0.2) is 24.3 Å². The zero-order chi connectivity index (χ0) is 14.1. The number of benzene rings is 1. The van der Waals surface area contributed by atoms with Crippen molar-refractivity contribution in [1.29, 1.82) is 0 Å². The normalized spacial score (nSPS) is 26.0. The van der Waals surface area contributed by atoms with Gasteiger partial charge in [0.1, 0.15) is 0 Å². The van der Waals surface area contributed by atoms with Crippen molar-refractivity contribution in [2.45, 2.75) is 18.5 Å². The highest BCUT2D eigenvalue weighted by Crippen LogP contribution is 2.31. The summed E-state index contributed by atoms with van der Waals surface area (Å²) in [5.41, 5.74) is 1.21. The van der Waals surface area contributed by atoms with Gasteiger partial charge in [-0.1, -0.05) is 23.7 Å². The molecular formula is C15H21Cl2N3O. The van der Waals surface area contributed by atoms with Crippen molar-refractivity contribution in [3.05, 3.63) is 34.9 Å². The van der Waals surface area contributed by atoms with Gasteiger partial charge in [0.15, 0.2) is 0 Å². The summed E-state index contributed by atoms with van der Waals surface area (Å²) in [6, 6.07) is 8.37. The largest absolute Gasteiger partial charge is 0.351 e. The molecule has 0 saturated carbocycles. The molecule has 2 aliphatic heterocycles. The molecule has 2 N–H and O–H groups in total. The molecular weight excluding hydrogens is 309 g/mol. The van der Waals surface area contributed by atoms with E-state index < -0.39 is 0 Å². The molecule has 0 bridgehead atoms. The van der Waals surface area contributed by atoms with Gasteiger partial charge in [-0.25, -0.2) is 0 Å². The van der Waals surface area contributed by atoms with E-state index in [1.54, 1.807) is 0 Å². The van der Waals surface area contributed by atoms with Crippen LogP contribution in [0.3, 0.4) is 0 Å². The quantitative estimate of drug-likeness (QED) is 0.889. The zero-order valence-corrected chi connectivity index (χ0v) is 13.6. The Balaban J connectivity index is 0.00000161. The lowest BCUT2D eigenvalue weighted by molar-refractivity contribution is -0.127. The van der Waals surface area contributed by atoms with Crippen LogP contribution in [0, 0.1) is 5.92 Å². The highest BCUT2D eigenvalue weighted by Gasteiger charge is 2.36. The first kappa shape index (κ1) is 16.6. The molecule has 0 aromatic heterocycles. The van der Waals surface area contributed by atoms with Gasteiger partial charge >= 0.3 is 0 Å². The number of halogens is 2. The minimum atomic E-state index is 0. The molecule has 2 atom stereocenters. The van der Waals surface area contributed by atoms with E-state index in [0.29, 0.717) is 0 Å². The molecule has 0 spiro atoms. The average molecular weight is 330 g/mol. The third-order valence-corrected chi connectivity index (χ3v) is 4.59. The lowest BCUT2D eigenvalue weighted by Gasteiger charge is -2.30. The van der Waals surface area contributed by atoms with E-state index >= 15 is 0 Å². The second kappa shape index (κ2) is 6.97. The summed E-state index contributed by atoms with van der Waals surface area (Å²) in [6.07, 6.45) is 0.996. The standard InChI is InChI=1S/C15H20ClN3O.ClH/c1-19-7-6-13(18-15(20)11-8-17-9-11)14(19)10-2-4-12(16)5-3-10;/h2-5,11,13-14,17H,6-9H2,1H3,(H,18,20);1H. The monoisotopic (exact) mass is 329 g/mol. The third kappa shape index (κ3) is 3.51. The van der Waals surface area contributed by atoms with Crippen molar-refractivity contribution < 1.29 is 4.79 Å². The van der Waals surface area contributed by atoms with E-state index in [2.05, 4.69) is 34.7 Å². The first-order chi connectivity index (χ1) is 9.65. The Morgan fingerprint density at radius 1 is 1.33 bits per heavy atom. The summed E-state index contributed by atoms with van der Waals surface area (Å²) in [5.74, 6) is 0.329. The first-order valence-electron chi connectivity index (χ1n) is 7.12. The molecule has 2 saturated heterocycles. The number of rotatable bonds is 3. The van der Waals surface area contributed by atoms with E-state index in [1.165, 1.54) is 5.56 Å². The van der Waals surface area contributed by atoms with Crippen LogP contribution in [0.2, 0.25) is 5.02 Å². The van der Waals surface area contributed by atoms with Crippen molar-refractivity contribution in [1.82, 2.24) is 15.5 Å². The molecule has 0 aliphatic carbocycles. The smallest absolute Gasteiger partial charge is 0.225 e. The molecule has 1 aromatic rings. The molecule has 2 unspecified atom stereocenters. The van der Waals surface area contributed by atoms with E-state index in [-0.39, 0.29) is 36.3 Å². The number of amides is 1. The number of likely N-dealkylation sites (N-methyl/N-ethyl adjacent to an activating group) is 1. The molecule has 1 amide bonds. The third-order valence-electron chi connectivity index (χ3n) is 4.34. The highest BCUT2D eigenvalue weighted by molar-refractivity contribution is 6.30. The second-order valence-corrected chi connectivity index (χ2v) is 6.17. The Labute approximate surface area is 136 Å². The Kier molecular flexibility index (Phi) is 5.49. The van der Waals surface area contributed by atoms with Crippen molar-refractivity contribution >= 4 is 29.9 Å². The highest BCUT2D eigenvalue weighted by atomic mass is 35.5. The Morgan fingerprint density at radius 2 is 2.00 bits per heavy atom. The predicted octanol–water partition coefficient (Wildman–Crippen LogP) is 1.84. The number of carbonyl (C=O) groups excluding carboxylic acids is 1. The lowest BCUT2D eigenvalue weighted by atomic mass is 9.97. The fourth-order valence-electron chi connectivity index (χ4n) is 3.02. The molecule has 21 heavy (non-hydrogen) atoms. The Bertz CT molecular complexity index is 490. The molecule has 2 fully saturated rings. The number of nitrogens with one attached hydrogen (secondary N) is 2.